The number of nitrogens with zero attached hydrogens (tertiary/aromatic N) is 1. The predicted molar refractivity (Wildman–Crippen MR) is 65.2 cm³/mol. The van der Waals surface area contributed by atoms with Crippen molar-refractivity contribution in [1.29, 1.82) is 0 Å². The van der Waals surface area contributed by atoms with Crippen molar-refractivity contribution in [2.45, 2.75) is 26.7 Å². The summed E-state index contributed by atoms with van der Waals surface area (Å²) in [7, 11) is 0. The number of carboxylic acid groups (broad SMARTS) is 1. The van der Waals surface area contributed by atoms with E-state index >= 15 is 0 Å². The van der Waals surface area contributed by atoms with Gasteiger partial charge in [-0.15, -0.1) is 0 Å². The molecule has 6 nitrogen and oxygen atoms in total. The molecule has 0 bridgehead atoms. The monoisotopic (exact) mass is 253 g/mol. The second kappa shape index (κ2) is 6.00. The molecule has 0 amide bonds. The Kier molecular flexibility index (Phi) is 4.65. The third-order valence-electron chi connectivity index (χ3n) is 2.49. The van der Waals surface area contributed by atoms with Gasteiger partial charge in [-0.25, -0.2) is 4.79 Å². The van der Waals surface area contributed by atoms with E-state index in [0.717, 1.165) is 12.8 Å². The van der Waals surface area contributed by atoms with Gasteiger partial charge in [0.05, 0.1) is 11.5 Å². The zero-order valence-electron chi connectivity index (χ0n) is 10.3. The molecule has 0 aliphatic rings. The summed E-state index contributed by atoms with van der Waals surface area (Å²) in [6.07, 6.45) is 1.65. The van der Waals surface area contributed by atoms with Crippen molar-refractivity contribution in [3.05, 3.63) is 33.4 Å². The molecule has 0 saturated heterocycles. The van der Waals surface area contributed by atoms with Crippen LogP contribution in [0.15, 0.2) is 12.1 Å². The first-order valence-corrected chi connectivity index (χ1v) is 5.63. The number of benzene rings is 1. The molecule has 0 fully saturated rings. The number of carboxylic acids is 1. The SMILES string of the molecule is CCCCOc1c(C)ccc(C(=O)O)c1[N+](=O)[O-]. The lowest BCUT2D eigenvalue weighted by atomic mass is 10.1. The van der Waals surface area contributed by atoms with Crippen LogP contribution in [0.25, 0.3) is 0 Å². The maximum absolute atomic E-state index is 11.0. The van der Waals surface area contributed by atoms with Gasteiger partial charge < -0.3 is 9.84 Å². The van der Waals surface area contributed by atoms with E-state index in [2.05, 4.69) is 0 Å². The Bertz CT molecular complexity index is 470. The molecular weight excluding hydrogens is 238 g/mol. The molecule has 0 aliphatic heterocycles. The third kappa shape index (κ3) is 2.97. The van der Waals surface area contributed by atoms with E-state index in [0.29, 0.717) is 12.2 Å². The number of hydrogen-bond acceptors (Lipinski definition) is 4. The van der Waals surface area contributed by atoms with E-state index in [-0.39, 0.29) is 11.3 Å². The number of aromatic carboxylic acids is 1. The van der Waals surface area contributed by atoms with Crippen LogP contribution in [0.5, 0.6) is 5.75 Å². The summed E-state index contributed by atoms with van der Waals surface area (Å²) in [5, 5.41) is 19.9. The standard InChI is InChI=1S/C12H15NO5/c1-3-4-7-18-11-8(2)5-6-9(12(14)15)10(11)13(16)17/h5-6H,3-4,7H2,1-2H3,(H,14,15). The molecule has 0 radical (unpaired) electrons. The van der Waals surface area contributed by atoms with Crippen molar-refractivity contribution < 1.29 is 19.6 Å². The number of unbranched alkanes of at least 4 members (excludes halogenated alkanes) is 1. The van der Waals surface area contributed by atoms with Crippen LogP contribution < -0.4 is 4.74 Å². The molecule has 18 heavy (non-hydrogen) atoms. The second-order valence-corrected chi connectivity index (χ2v) is 3.87. The Hall–Kier alpha value is -2.11. The topological polar surface area (TPSA) is 89.7 Å². The number of rotatable bonds is 6. The molecule has 98 valence electrons. The van der Waals surface area contributed by atoms with Crippen LogP contribution in [0.4, 0.5) is 5.69 Å². The number of hydrogen-bond donors (Lipinski definition) is 1. The molecule has 0 aromatic heterocycles. The van der Waals surface area contributed by atoms with Crippen LogP contribution in [0.1, 0.15) is 35.7 Å². The Morgan fingerprint density at radius 2 is 2.17 bits per heavy atom. The Labute approximate surface area is 104 Å². The van der Waals surface area contributed by atoms with Gasteiger partial charge in [0.2, 0.25) is 5.75 Å². The molecule has 6 heteroatoms. The summed E-state index contributed by atoms with van der Waals surface area (Å²) in [6, 6.07) is 2.74. The summed E-state index contributed by atoms with van der Waals surface area (Å²) in [5.41, 5.74) is -0.265. The lowest BCUT2D eigenvalue weighted by Gasteiger charge is -2.10. The van der Waals surface area contributed by atoms with Crippen molar-refractivity contribution in [1.82, 2.24) is 0 Å². The van der Waals surface area contributed by atoms with Crippen LogP contribution in [0.3, 0.4) is 0 Å². The average Bonchev–Trinajstić information content (AvgIpc) is 2.30. The van der Waals surface area contributed by atoms with Gasteiger partial charge in [-0.3, -0.25) is 10.1 Å². The fourth-order valence-corrected chi connectivity index (χ4v) is 1.53. The van der Waals surface area contributed by atoms with E-state index < -0.39 is 16.6 Å². The molecule has 0 saturated carbocycles. The van der Waals surface area contributed by atoms with Gasteiger partial charge in [0.1, 0.15) is 5.56 Å². The summed E-state index contributed by atoms with van der Waals surface area (Å²) in [4.78, 5) is 21.2. The lowest BCUT2D eigenvalue weighted by molar-refractivity contribution is -0.386. The first-order valence-electron chi connectivity index (χ1n) is 5.63. The van der Waals surface area contributed by atoms with E-state index in [9.17, 15) is 14.9 Å². The highest BCUT2D eigenvalue weighted by Gasteiger charge is 2.27. The summed E-state index contributed by atoms with van der Waals surface area (Å²) in [5.74, 6) is -1.28. The summed E-state index contributed by atoms with van der Waals surface area (Å²) in [6.45, 7) is 3.96. The zero-order valence-corrected chi connectivity index (χ0v) is 10.3. The first-order chi connectivity index (χ1) is 8.49. The average molecular weight is 253 g/mol. The fraction of sp³-hybridized carbons (Fsp3) is 0.417. The maximum Gasteiger partial charge on any atom is 0.342 e. The minimum absolute atomic E-state index is 0.0494. The van der Waals surface area contributed by atoms with Crippen LogP contribution in [0.2, 0.25) is 0 Å². The highest BCUT2D eigenvalue weighted by atomic mass is 16.6. The van der Waals surface area contributed by atoms with E-state index in [1.54, 1.807) is 6.92 Å². The molecule has 1 aromatic carbocycles. The molecule has 0 atom stereocenters. The van der Waals surface area contributed by atoms with Gasteiger partial charge in [-0.1, -0.05) is 19.4 Å². The van der Waals surface area contributed by atoms with Gasteiger partial charge in [0.25, 0.3) is 0 Å². The summed E-state index contributed by atoms with van der Waals surface area (Å²) >= 11 is 0. The van der Waals surface area contributed by atoms with Crippen molar-refractivity contribution in [3.63, 3.8) is 0 Å². The molecule has 0 aliphatic carbocycles. The number of carbonyl (C=O) groups is 1. The van der Waals surface area contributed by atoms with E-state index in [1.165, 1.54) is 12.1 Å². The van der Waals surface area contributed by atoms with Gasteiger partial charge in [-0.05, 0) is 25.0 Å². The van der Waals surface area contributed by atoms with Crippen LogP contribution >= 0.6 is 0 Å². The molecule has 1 aromatic rings. The molecule has 1 N–H and O–H groups in total. The van der Waals surface area contributed by atoms with Crippen molar-refractivity contribution in [3.8, 4) is 5.75 Å². The minimum atomic E-state index is -1.33. The van der Waals surface area contributed by atoms with Crippen molar-refractivity contribution in [2.24, 2.45) is 0 Å². The predicted octanol–water partition coefficient (Wildman–Crippen LogP) is 2.78. The Morgan fingerprint density at radius 3 is 2.67 bits per heavy atom. The van der Waals surface area contributed by atoms with Gasteiger partial charge in [-0.2, -0.15) is 0 Å². The molecule has 0 unspecified atom stereocenters. The highest BCUT2D eigenvalue weighted by molar-refractivity contribution is 5.94. The van der Waals surface area contributed by atoms with Crippen LogP contribution in [0, 0.1) is 17.0 Å². The molecule has 1 rings (SSSR count). The van der Waals surface area contributed by atoms with Gasteiger partial charge in [0.15, 0.2) is 0 Å². The second-order valence-electron chi connectivity index (χ2n) is 3.87. The Morgan fingerprint density at radius 1 is 1.50 bits per heavy atom. The number of nitro benzene ring substituents is 1. The summed E-state index contributed by atoms with van der Waals surface area (Å²) < 4.78 is 5.36. The largest absolute Gasteiger partial charge is 0.487 e. The number of ether oxygens (including phenoxy) is 1. The molecule has 0 spiro atoms. The smallest absolute Gasteiger partial charge is 0.342 e. The number of aryl methyl sites for hydroxylation is 1. The maximum atomic E-state index is 11.0. The van der Waals surface area contributed by atoms with Crippen LogP contribution in [-0.4, -0.2) is 22.6 Å². The van der Waals surface area contributed by atoms with Gasteiger partial charge >= 0.3 is 11.7 Å². The number of nitro groups is 1. The van der Waals surface area contributed by atoms with E-state index in [4.69, 9.17) is 9.84 Å². The van der Waals surface area contributed by atoms with Crippen LogP contribution in [-0.2, 0) is 0 Å². The molecular formula is C12H15NO5. The highest BCUT2D eigenvalue weighted by Crippen LogP contribution is 2.34. The normalized spacial score (nSPS) is 10.1. The first kappa shape index (κ1) is 14.0. The van der Waals surface area contributed by atoms with E-state index in [1.807, 2.05) is 6.92 Å². The quantitative estimate of drug-likeness (QED) is 0.478. The zero-order chi connectivity index (χ0) is 13.7. The molecule has 0 heterocycles. The van der Waals surface area contributed by atoms with Crippen molar-refractivity contribution >= 4 is 11.7 Å². The lowest BCUT2D eigenvalue weighted by Crippen LogP contribution is -2.07. The Balaban J connectivity index is 3.23. The van der Waals surface area contributed by atoms with Gasteiger partial charge in [0, 0.05) is 0 Å². The van der Waals surface area contributed by atoms with Crippen molar-refractivity contribution in [2.75, 3.05) is 6.61 Å². The minimum Gasteiger partial charge on any atom is -0.487 e. The third-order valence-corrected chi connectivity index (χ3v) is 2.49. The fourth-order valence-electron chi connectivity index (χ4n) is 1.53.